The molecule has 3 aromatic heterocycles. The van der Waals surface area contributed by atoms with E-state index in [0.29, 0.717) is 23.9 Å². The van der Waals surface area contributed by atoms with Gasteiger partial charge in [0.25, 0.3) is 0 Å². The first kappa shape index (κ1) is 16.6. The molecule has 0 N–H and O–H groups in total. The summed E-state index contributed by atoms with van der Waals surface area (Å²) >= 11 is 5.81. The molecule has 0 radical (unpaired) electrons. The zero-order valence-corrected chi connectivity index (χ0v) is 14.7. The van der Waals surface area contributed by atoms with Gasteiger partial charge < -0.3 is 0 Å². The van der Waals surface area contributed by atoms with Gasteiger partial charge in [0.2, 0.25) is 5.91 Å². The van der Waals surface area contributed by atoms with Gasteiger partial charge in [-0.2, -0.15) is 0 Å². The van der Waals surface area contributed by atoms with E-state index in [0.717, 1.165) is 23.2 Å². The average molecular weight is 366 g/mol. The van der Waals surface area contributed by atoms with Gasteiger partial charge >= 0.3 is 0 Å². The van der Waals surface area contributed by atoms with E-state index < -0.39 is 0 Å². The molecule has 130 valence electrons. The molecule has 1 aliphatic rings. The summed E-state index contributed by atoms with van der Waals surface area (Å²) in [6.45, 7) is 0.647. The fourth-order valence-electron chi connectivity index (χ4n) is 3.10. The van der Waals surface area contributed by atoms with Crippen molar-refractivity contribution in [2.75, 3.05) is 11.4 Å². The number of amides is 1. The van der Waals surface area contributed by atoms with Crippen molar-refractivity contribution in [1.82, 2.24) is 19.9 Å². The SMILES string of the molecule is O=C1[C@H](Cc2ccc(Cl)nc2)CCN1c1cnc(-c2ccncc2)cn1. The summed E-state index contributed by atoms with van der Waals surface area (Å²) in [6.07, 6.45) is 9.93. The summed E-state index contributed by atoms with van der Waals surface area (Å²) in [5.41, 5.74) is 2.71. The number of rotatable bonds is 4. The first-order chi connectivity index (χ1) is 12.7. The van der Waals surface area contributed by atoms with Gasteiger partial charge in [-0.25, -0.2) is 9.97 Å². The van der Waals surface area contributed by atoms with E-state index >= 15 is 0 Å². The highest BCUT2D eigenvalue weighted by Crippen LogP contribution is 2.27. The Morgan fingerprint density at radius 1 is 1.04 bits per heavy atom. The van der Waals surface area contributed by atoms with E-state index in [1.807, 2.05) is 18.2 Å². The van der Waals surface area contributed by atoms with E-state index in [1.54, 1.807) is 42.0 Å². The van der Waals surface area contributed by atoms with Gasteiger partial charge in [-0.05, 0) is 36.6 Å². The minimum Gasteiger partial charge on any atom is -0.295 e. The Hall–Kier alpha value is -2.86. The predicted octanol–water partition coefficient (Wildman–Crippen LogP) is 3.18. The number of aromatic nitrogens is 4. The maximum Gasteiger partial charge on any atom is 0.231 e. The molecular weight excluding hydrogens is 350 g/mol. The first-order valence-electron chi connectivity index (χ1n) is 8.35. The van der Waals surface area contributed by atoms with Crippen LogP contribution in [0.25, 0.3) is 11.3 Å². The Labute approximate surface area is 155 Å². The van der Waals surface area contributed by atoms with Crippen LogP contribution < -0.4 is 4.90 Å². The Morgan fingerprint density at radius 3 is 2.58 bits per heavy atom. The fourth-order valence-corrected chi connectivity index (χ4v) is 3.21. The van der Waals surface area contributed by atoms with Crippen LogP contribution in [0.2, 0.25) is 5.15 Å². The van der Waals surface area contributed by atoms with E-state index in [-0.39, 0.29) is 11.8 Å². The lowest BCUT2D eigenvalue weighted by atomic mass is 9.99. The van der Waals surface area contributed by atoms with Crippen molar-refractivity contribution in [1.29, 1.82) is 0 Å². The molecule has 6 nitrogen and oxygen atoms in total. The third kappa shape index (κ3) is 3.41. The first-order valence-corrected chi connectivity index (χ1v) is 8.73. The molecule has 0 saturated carbocycles. The van der Waals surface area contributed by atoms with Crippen LogP contribution in [0.15, 0.2) is 55.2 Å². The lowest BCUT2D eigenvalue weighted by Gasteiger charge is -2.15. The zero-order chi connectivity index (χ0) is 17.9. The second-order valence-electron chi connectivity index (χ2n) is 6.16. The molecule has 1 amide bonds. The molecule has 0 unspecified atom stereocenters. The molecule has 0 spiro atoms. The normalized spacial score (nSPS) is 16.9. The Kier molecular flexibility index (Phi) is 4.58. The number of pyridine rings is 2. The smallest absolute Gasteiger partial charge is 0.231 e. The van der Waals surface area contributed by atoms with Gasteiger partial charge in [0.05, 0.1) is 18.1 Å². The summed E-state index contributed by atoms with van der Waals surface area (Å²) < 4.78 is 0. The summed E-state index contributed by atoms with van der Waals surface area (Å²) in [6, 6.07) is 7.41. The molecule has 4 rings (SSSR count). The maximum atomic E-state index is 12.7. The molecule has 26 heavy (non-hydrogen) atoms. The van der Waals surface area contributed by atoms with E-state index in [9.17, 15) is 4.79 Å². The molecular formula is C19H16ClN5O. The van der Waals surface area contributed by atoms with Crippen LogP contribution in [0.4, 0.5) is 5.82 Å². The van der Waals surface area contributed by atoms with Gasteiger partial charge in [-0.15, -0.1) is 0 Å². The molecule has 0 bridgehead atoms. The summed E-state index contributed by atoms with van der Waals surface area (Å²) in [4.78, 5) is 31.4. The topological polar surface area (TPSA) is 71.9 Å². The zero-order valence-electron chi connectivity index (χ0n) is 13.9. The lowest BCUT2D eigenvalue weighted by Crippen LogP contribution is -2.28. The standard InChI is InChI=1S/C19H16ClN5O/c20-17-2-1-13(10-23-17)9-15-5-8-25(19(15)26)18-12-22-16(11-24-18)14-3-6-21-7-4-14/h1-4,6-7,10-12,15H,5,8-9H2/t15-/m0/s1. The van der Waals surface area contributed by atoms with Crippen LogP contribution in [-0.4, -0.2) is 32.4 Å². The van der Waals surface area contributed by atoms with Crippen LogP contribution in [0, 0.1) is 5.92 Å². The average Bonchev–Trinajstić information content (AvgIpc) is 3.05. The molecule has 4 heterocycles. The van der Waals surface area contributed by atoms with Crippen LogP contribution in [0.5, 0.6) is 0 Å². The van der Waals surface area contributed by atoms with Crippen molar-refractivity contribution in [3.05, 3.63) is 66.0 Å². The van der Waals surface area contributed by atoms with Crippen molar-refractivity contribution in [3.8, 4) is 11.3 Å². The second-order valence-corrected chi connectivity index (χ2v) is 6.55. The van der Waals surface area contributed by atoms with Gasteiger partial charge in [0, 0.05) is 36.6 Å². The quantitative estimate of drug-likeness (QED) is 0.664. The molecule has 1 aliphatic heterocycles. The summed E-state index contributed by atoms with van der Waals surface area (Å²) in [5, 5.41) is 0.456. The largest absolute Gasteiger partial charge is 0.295 e. The van der Waals surface area contributed by atoms with Crippen molar-refractivity contribution in [2.24, 2.45) is 5.92 Å². The Balaban J connectivity index is 1.47. The number of hydrogen-bond acceptors (Lipinski definition) is 5. The van der Waals surface area contributed by atoms with Crippen molar-refractivity contribution < 1.29 is 4.79 Å². The Bertz CT molecular complexity index is 899. The number of nitrogens with zero attached hydrogens (tertiary/aromatic N) is 5. The van der Waals surface area contributed by atoms with Crippen molar-refractivity contribution >= 4 is 23.3 Å². The number of carbonyl (C=O) groups is 1. The van der Waals surface area contributed by atoms with E-state index in [2.05, 4.69) is 19.9 Å². The molecule has 7 heteroatoms. The highest BCUT2D eigenvalue weighted by atomic mass is 35.5. The molecule has 1 fully saturated rings. The highest BCUT2D eigenvalue weighted by Gasteiger charge is 2.33. The third-order valence-electron chi connectivity index (χ3n) is 4.48. The number of hydrogen-bond donors (Lipinski definition) is 0. The van der Waals surface area contributed by atoms with Crippen molar-refractivity contribution in [3.63, 3.8) is 0 Å². The fraction of sp³-hybridized carbons (Fsp3) is 0.211. The summed E-state index contributed by atoms with van der Waals surface area (Å²) in [5.74, 6) is 0.593. The van der Waals surface area contributed by atoms with Gasteiger partial charge in [-0.3, -0.25) is 19.7 Å². The van der Waals surface area contributed by atoms with E-state index in [4.69, 9.17) is 11.6 Å². The van der Waals surface area contributed by atoms with Crippen LogP contribution >= 0.6 is 11.6 Å². The minimum atomic E-state index is -0.0698. The summed E-state index contributed by atoms with van der Waals surface area (Å²) in [7, 11) is 0. The Morgan fingerprint density at radius 2 is 1.88 bits per heavy atom. The number of carbonyl (C=O) groups excluding carboxylic acids is 1. The molecule has 3 aromatic rings. The van der Waals surface area contributed by atoms with Gasteiger partial charge in [0.15, 0.2) is 5.82 Å². The van der Waals surface area contributed by atoms with Gasteiger partial charge in [-0.1, -0.05) is 17.7 Å². The van der Waals surface area contributed by atoms with Crippen LogP contribution in [0.3, 0.4) is 0 Å². The molecule has 1 saturated heterocycles. The predicted molar refractivity (Wildman–Crippen MR) is 98.7 cm³/mol. The molecule has 0 aromatic carbocycles. The van der Waals surface area contributed by atoms with Crippen LogP contribution in [-0.2, 0) is 11.2 Å². The third-order valence-corrected chi connectivity index (χ3v) is 4.70. The highest BCUT2D eigenvalue weighted by molar-refractivity contribution is 6.29. The molecule has 1 atom stereocenters. The second kappa shape index (κ2) is 7.17. The van der Waals surface area contributed by atoms with Gasteiger partial charge in [0.1, 0.15) is 5.15 Å². The number of anilines is 1. The monoisotopic (exact) mass is 365 g/mol. The maximum absolute atomic E-state index is 12.7. The van der Waals surface area contributed by atoms with Crippen molar-refractivity contribution in [2.45, 2.75) is 12.8 Å². The van der Waals surface area contributed by atoms with Crippen LogP contribution in [0.1, 0.15) is 12.0 Å². The minimum absolute atomic E-state index is 0.0698. The molecule has 0 aliphatic carbocycles. The lowest BCUT2D eigenvalue weighted by molar-refractivity contribution is -0.120. The van der Waals surface area contributed by atoms with E-state index in [1.165, 1.54) is 0 Å². The number of halogens is 1.